The third-order valence-electron chi connectivity index (χ3n) is 5.63. The van der Waals surface area contributed by atoms with E-state index in [2.05, 4.69) is 42.0 Å². The number of piperazine rings is 1. The zero-order chi connectivity index (χ0) is 22.1. The van der Waals surface area contributed by atoms with Gasteiger partial charge in [-0.3, -0.25) is 14.8 Å². The number of carbonyl (C=O) groups excluding carboxylic acids is 1. The van der Waals surface area contributed by atoms with Crippen LogP contribution in [0.1, 0.15) is 21.1 Å². The largest absolute Gasteiger partial charge is 0.354 e. The Bertz CT molecular complexity index is 1280. The number of anilines is 1. The SMILES string of the molecule is Cc1nnc(-c2cnc3cnc(CC(=O)c4ccnc(N5CCN(C)CC5)c4)cc3c2)s1. The first kappa shape index (κ1) is 20.6. The maximum atomic E-state index is 13.0. The molecule has 0 spiro atoms. The molecule has 9 heteroatoms. The molecule has 0 N–H and O–H groups in total. The van der Waals surface area contributed by atoms with Crippen LogP contribution < -0.4 is 4.90 Å². The van der Waals surface area contributed by atoms with E-state index >= 15 is 0 Å². The van der Waals surface area contributed by atoms with Crippen LogP contribution in [0.4, 0.5) is 5.82 Å². The van der Waals surface area contributed by atoms with Crippen molar-refractivity contribution in [3.8, 4) is 10.6 Å². The molecule has 0 aromatic carbocycles. The van der Waals surface area contributed by atoms with Gasteiger partial charge in [-0.25, -0.2) is 4.98 Å². The van der Waals surface area contributed by atoms with Crippen molar-refractivity contribution in [1.82, 2.24) is 30.0 Å². The van der Waals surface area contributed by atoms with E-state index in [0.29, 0.717) is 11.3 Å². The molecule has 0 amide bonds. The molecule has 1 aliphatic rings. The number of aromatic nitrogens is 5. The Morgan fingerprint density at radius 1 is 1.03 bits per heavy atom. The van der Waals surface area contributed by atoms with Crippen LogP contribution >= 0.6 is 11.3 Å². The summed E-state index contributed by atoms with van der Waals surface area (Å²) in [5.74, 6) is 0.884. The van der Waals surface area contributed by atoms with Crippen LogP contribution in [-0.4, -0.2) is 69.1 Å². The van der Waals surface area contributed by atoms with Crippen LogP contribution in [0.2, 0.25) is 0 Å². The second kappa shape index (κ2) is 8.68. The Hall–Kier alpha value is -3.30. The predicted molar refractivity (Wildman–Crippen MR) is 125 cm³/mol. The number of fused-ring (bicyclic) bond motifs is 1. The topological polar surface area (TPSA) is 88.0 Å². The quantitative estimate of drug-likeness (QED) is 0.433. The lowest BCUT2D eigenvalue weighted by molar-refractivity contribution is 0.0992. The summed E-state index contributed by atoms with van der Waals surface area (Å²) in [5, 5.41) is 11.0. The number of pyridine rings is 3. The summed E-state index contributed by atoms with van der Waals surface area (Å²) in [6.45, 7) is 5.74. The Labute approximate surface area is 190 Å². The molecular formula is C23H23N7OS. The van der Waals surface area contributed by atoms with Gasteiger partial charge in [-0.05, 0) is 38.2 Å². The second-order valence-electron chi connectivity index (χ2n) is 8.01. The molecule has 4 aromatic heterocycles. The highest BCUT2D eigenvalue weighted by atomic mass is 32.1. The van der Waals surface area contributed by atoms with Gasteiger partial charge >= 0.3 is 0 Å². The van der Waals surface area contributed by atoms with Gasteiger partial charge in [0.25, 0.3) is 0 Å². The molecule has 4 aromatic rings. The highest BCUT2D eigenvalue weighted by molar-refractivity contribution is 7.14. The summed E-state index contributed by atoms with van der Waals surface area (Å²) in [6, 6.07) is 7.63. The highest BCUT2D eigenvalue weighted by Crippen LogP contribution is 2.25. The van der Waals surface area contributed by atoms with Gasteiger partial charge in [0.1, 0.15) is 15.8 Å². The molecule has 1 fully saturated rings. The van der Waals surface area contributed by atoms with Crippen molar-refractivity contribution in [2.45, 2.75) is 13.3 Å². The number of rotatable bonds is 5. The lowest BCUT2D eigenvalue weighted by Gasteiger charge is -2.33. The summed E-state index contributed by atoms with van der Waals surface area (Å²) >= 11 is 1.53. The first-order chi connectivity index (χ1) is 15.5. The molecule has 5 rings (SSSR count). The van der Waals surface area contributed by atoms with Crippen molar-refractivity contribution in [2.24, 2.45) is 0 Å². The minimum absolute atomic E-state index is 0.0264. The van der Waals surface area contributed by atoms with E-state index in [9.17, 15) is 4.79 Å². The molecule has 5 heterocycles. The Kier molecular flexibility index (Phi) is 5.59. The fourth-order valence-electron chi connectivity index (χ4n) is 3.77. The lowest BCUT2D eigenvalue weighted by atomic mass is 10.1. The Morgan fingerprint density at radius 3 is 2.66 bits per heavy atom. The molecule has 0 bridgehead atoms. The number of Topliss-reactive ketones (excluding diaryl/α,β-unsaturated/α-hetero) is 1. The number of aryl methyl sites for hydroxylation is 1. The fraction of sp³-hybridized carbons (Fsp3) is 0.304. The molecule has 0 radical (unpaired) electrons. The zero-order valence-corrected chi connectivity index (χ0v) is 18.8. The van der Waals surface area contributed by atoms with E-state index in [-0.39, 0.29) is 12.2 Å². The van der Waals surface area contributed by atoms with Crippen molar-refractivity contribution in [3.05, 3.63) is 59.1 Å². The summed E-state index contributed by atoms with van der Waals surface area (Å²) in [5.41, 5.74) is 3.07. The maximum absolute atomic E-state index is 13.0. The fourth-order valence-corrected chi connectivity index (χ4v) is 4.44. The molecule has 0 aliphatic carbocycles. The number of hydrogen-bond donors (Lipinski definition) is 0. The van der Waals surface area contributed by atoms with Crippen molar-refractivity contribution >= 4 is 33.8 Å². The van der Waals surface area contributed by atoms with Gasteiger partial charge in [0, 0.05) is 60.8 Å². The van der Waals surface area contributed by atoms with E-state index in [4.69, 9.17) is 0 Å². The third-order valence-corrected chi connectivity index (χ3v) is 6.52. The molecule has 8 nitrogen and oxygen atoms in total. The average molecular weight is 446 g/mol. The second-order valence-corrected chi connectivity index (χ2v) is 9.19. The molecule has 0 atom stereocenters. The summed E-state index contributed by atoms with van der Waals surface area (Å²) in [4.78, 5) is 31.0. The Balaban J connectivity index is 1.36. The van der Waals surface area contributed by atoms with E-state index in [0.717, 1.165) is 58.5 Å². The van der Waals surface area contributed by atoms with Gasteiger partial charge in [-0.15, -0.1) is 10.2 Å². The zero-order valence-electron chi connectivity index (χ0n) is 18.0. The van der Waals surface area contributed by atoms with Crippen LogP contribution in [0, 0.1) is 6.92 Å². The third kappa shape index (κ3) is 4.35. The molecule has 32 heavy (non-hydrogen) atoms. The number of nitrogens with zero attached hydrogens (tertiary/aromatic N) is 7. The van der Waals surface area contributed by atoms with Crippen molar-refractivity contribution in [3.63, 3.8) is 0 Å². The number of likely N-dealkylation sites (N-methyl/N-ethyl adjacent to an activating group) is 1. The number of ketones is 1. The van der Waals surface area contributed by atoms with Crippen molar-refractivity contribution in [1.29, 1.82) is 0 Å². The molecular weight excluding hydrogens is 422 g/mol. The molecule has 1 saturated heterocycles. The monoisotopic (exact) mass is 445 g/mol. The summed E-state index contributed by atoms with van der Waals surface area (Å²) in [7, 11) is 2.12. The van der Waals surface area contributed by atoms with Gasteiger partial charge < -0.3 is 9.80 Å². The van der Waals surface area contributed by atoms with Gasteiger partial charge in [0.05, 0.1) is 18.1 Å². The normalized spacial score (nSPS) is 14.8. The number of carbonyl (C=O) groups is 1. The average Bonchev–Trinajstić information content (AvgIpc) is 3.25. The van der Waals surface area contributed by atoms with Gasteiger partial charge in [-0.2, -0.15) is 0 Å². The van der Waals surface area contributed by atoms with Crippen LogP contribution in [-0.2, 0) is 6.42 Å². The summed E-state index contributed by atoms with van der Waals surface area (Å²) < 4.78 is 0. The van der Waals surface area contributed by atoms with Gasteiger partial charge in [-0.1, -0.05) is 11.3 Å². The van der Waals surface area contributed by atoms with Gasteiger partial charge in [0.15, 0.2) is 5.78 Å². The van der Waals surface area contributed by atoms with Crippen LogP contribution in [0.15, 0.2) is 42.9 Å². The highest BCUT2D eigenvalue weighted by Gasteiger charge is 2.17. The summed E-state index contributed by atoms with van der Waals surface area (Å²) in [6.07, 6.45) is 5.44. The molecule has 0 unspecified atom stereocenters. The first-order valence-corrected chi connectivity index (χ1v) is 11.3. The molecule has 162 valence electrons. The molecule has 1 aliphatic heterocycles. The van der Waals surface area contributed by atoms with E-state index in [1.807, 2.05) is 25.1 Å². The van der Waals surface area contributed by atoms with E-state index in [1.165, 1.54) is 11.3 Å². The van der Waals surface area contributed by atoms with E-state index in [1.54, 1.807) is 24.7 Å². The minimum atomic E-state index is 0.0264. The van der Waals surface area contributed by atoms with E-state index < -0.39 is 0 Å². The standard InChI is InChI=1S/C23H23N7OS/c1-15-27-28-23(32-15)18-9-17-10-19(25-14-20(17)26-13-18)12-21(31)16-3-4-24-22(11-16)30-7-5-29(2)6-8-30/h3-4,9-11,13-14H,5-8,12H2,1-2H3. The van der Waals surface area contributed by atoms with Gasteiger partial charge in [0.2, 0.25) is 0 Å². The van der Waals surface area contributed by atoms with Crippen LogP contribution in [0.25, 0.3) is 21.5 Å². The first-order valence-electron chi connectivity index (χ1n) is 10.5. The predicted octanol–water partition coefficient (Wildman–Crippen LogP) is 3.03. The van der Waals surface area contributed by atoms with Crippen LogP contribution in [0.5, 0.6) is 0 Å². The smallest absolute Gasteiger partial charge is 0.169 e. The number of hydrogen-bond acceptors (Lipinski definition) is 9. The minimum Gasteiger partial charge on any atom is -0.354 e. The van der Waals surface area contributed by atoms with Crippen molar-refractivity contribution < 1.29 is 4.79 Å². The maximum Gasteiger partial charge on any atom is 0.169 e. The Morgan fingerprint density at radius 2 is 1.88 bits per heavy atom. The molecule has 0 saturated carbocycles. The van der Waals surface area contributed by atoms with Crippen LogP contribution in [0.3, 0.4) is 0 Å². The van der Waals surface area contributed by atoms with Crippen molar-refractivity contribution in [2.75, 3.05) is 38.1 Å². The lowest BCUT2D eigenvalue weighted by Crippen LogP contribution is -2.44.